The van der Waals surface area contributed by atoms with E-state index in [1.807, 2.05) is 18.2 Å². The molecule has 7 aromatic rings. The third kappa shape index (κ3) is 3.46. The molecule has 182 valence electrons. The molecular weight excluding hydrogens is 464 g/mol. The average molecular weight is 491 g/mol. The second kappa shape index (κ2) is 8.86. The zero-order chi connectivity index (χ0) is 25.6. The van der Waals surface area contributed by atoms with Gasteiger partial charge in [0.1, 0.15) is 0 Å². The maximum absolute atomic E-state index is 4.72. The number of hydrogen-bond donors (Lipinski definition) is 0. The van der Waals surface area contributed by atoms with Gasteiger partial charge in [-0.25, -0.2) is 0 Å². The van der Waals surface area contributed by atoms with E-state index in [1.54, 1.807) is 0 Å². The highest BCUT2D eigenvalue weighted by molar-refractivity contribution is 6.09. The molecule has 2 heterocycles. The monoisotopic (exact) mass is 490 g/mol. The van der Waals surface area contributed by atoms with E-state index in [9.17, 15) is 0 Å². The molecule has 0 aliphatic carbocycles. The van der Waals surface area contributed by atoms with Crippen molar-refractivity contribution in [1.29, 1.82) is 0 Å². The lowest BCUT2D eigenvalue weighted by molar-refractivity contribution is 1.04. The highest BCUT2D eigenvalue weighted by Crippen LogP contribution is 2.34. The van der Waals surface area contributed by atoms with Crippen LogP contribution in [0.15, 0.2) is 121 Å². The highest BCUT2D eigenvalue weighted by Gasteiger charge is 2.20. The van der Waals surface area contributed by atoms with Crippen molar-refractivity contribution in [2.45, 2.75) is 13.8 Å². The molecule has 7 rings (SSSR count). The van der Waals surface area contributed by atoms with Crippen molar-refractivity contribution >= 4 is 21.8 Å². The van der Waals surface area contributed by atoms with Crippen molar-refractivity contribution in [3.05, 3.63) is 132 Å². The topological polar surface area (TPSA) is 35.6 Å². The van der Waals surface area contributed by atoms with Gasteiger partial charge in [0.15, 0.2) is 11.6 Å². The first-order valence-electron chi connectivity index (χ1n) is 12.9. The average Bonchev–Trinajstić information content (AvgIpc) is 3.54. The maximum atomic E-state index is 4.72. The number of hydrogen-bond acceptors (Lipinski definition) is 2. The Labute approximate surface area is 221 Å². The fraction of sp³-hybridized carbons (Fsp3) is 0.0588. The molecule has 2 aromatic heterocycles. The fourth-order valence-electron chi connectivity index (χ4n) is 5.58. The van der Waals surface area contributed by atoms with Gasteiger partial charge in [-0.3, -0.25) is 4.57 Å². The van der Waals surface area contributed by atoms with E-state index in [0.29, 0.717) is 0 Å². The molecule has 38 heavy (non-hydrogen) atoms. The third-order valence-corrected chi connectivity index (χ3v) is 7.32. The molecule has 0 saturated heterocycles. The molecule has 0 spiro atoms. The first kappa shape index (κ1) is 22.3. The van der Waals surface area contributed by atoms with Crippen molar-refractivity contribution < 1.29 is 0 Å². The second-order valence-electron chi connectivity index (χ2n) is 9.71. The van der Waals surface area contributed by atoms with Crippen LogP contribution in [0.4, 0.5) is 0 Å². The van der Waals surface area contributed by atoms with Gasteiger partial charge in [-0.2, -0.15) is 0 Å². The van der Waals surface area contributed by atoms with Crippen molar-refractivity contribution in [2.24, 2.45) is 0 Å². The number of aromatic nitrogens is 4. The largest absolute Gasteiger partial charge is 0.309 e. The van der Waals surface area contributed by atoms with Gasteiger partial charge in [-0.1, -0.05) is 84.9 Å². The van der Waals surface area contributed by atoms with Gasteiger partial charge in [-0.05, 0) is 61.4 Å². The first-order chi connectivity index (χ1) is 18.7. The van der Waals surface area contributed by atoms with Crippen LogP contribution in [0.2, 0.25) is 0 Å². The summed E-state index contributed by atoms with van der Waals surface area (Å²) in [5.41, 5.74) is 9.07. The van der Waals surface area contributed by atoms with Crippen LogP contribution in [-0.2, 0) is 0 Å². The summed E-state index contributed by atoms with van der Waals surface area (Å²) in [4.78, 5) is 0. The molecule has 4 heteroatoms. The van der Waals surface area contributed by atoms with Crippen LogP contribution in [0.5, 0.6) is 0 Å². The normalized spacial score (nSPS) is 11.4. The van der Waals surface area contributed by atoms with E-state index < -0.39 is 0 Å². The molecule has 0 radical (unpaired) electrons. The quantitative estimate of drug-likeness (QED) is 0.249. The van der Waals surface area contributed by atoms with E-state index in [2.05, 4.69) is 131 Å². The summed E-state index contributed by atoms with van der Waals surface area (Å²) >= 11 is 0. The van der Waals surface area contributed by atoms with Crippen LogP contribution < -0.4 is 0 Å². The Kier molecular flexibility index (Phi) is 5.19. The van der Waals surface area contributed by atoms with Crippen LogP contribution in [0.1, 0.15) is 11.1 Å². The number of nitrogens with zero attached hydrogens (tertiary/aromatic N) is 4. The molecule has 0 saturated carbocycles. The summed E-state index contributed by atoms with van der Waals surface area (Å²) in [5, 5.41) is 11.9. The van der Waals surface area contributed by atoms with E-state index >= 15 is 0 Å². The number of aryl methyl sites for hydroxylation is 2. The lowest BCUT2D eigenvalue weighted by atomic mass is 10.1. The summed E-state index contributed by atoms with van der Waals surface area (Å²) in [6, 6.07) is 42.5. The fourth-order valence-corrected chi connectivity index (χ4v) is 5.58. The van der Waals surface area contributed by atoms with E-state index in [-0.39, 0.29) is 0 Å². The standard InChI is InChI=1S/C34H26N4/c1-23-11-10-12-24(2)32(23)38-33(25-13-4-3-5-14-25)35-36-34(38)26-19-21-27(22-20-26)37-30-17-8-6-15-28(30)29-16-7-9-18-31(29)37/h3-22H,1-2H3. The number of para-hydroxylation sites is 3. The third-order valence-electron chi connectivity index (χ3n) is 7.32. The van der Waals surface area contributed by atoms with Crippen molar-refractivity contribution in [3.8, 4) is 34.2 Å². The van der Waals surface area contributed by atoms with Gasteiger partial charge >= 0.3 is 0 Å². The summed E-state index contributed by atoms with van der Waals surface area (Å²) < 4.78 is 4.54. The Balaban J connectivity index is 1.41. The Morgan fingerprint density at radius 1 is 0.447 bits per heavy atom. The van der Waals surface area contributed by atoms with Gasteiger partial charge in [-0.15, -0.1) is 10.2 Å². The zero-order valence-corrected chi connectivity index (χ0v) is 21.3. The van der Waals surface area contributed by atoms with Gasteiger partial charge in [0.25, 0.3) is 0 Å². The molecule has 0 amide bonds. The summed E-state index contributed by atoms with van der Waals surface area (Å²) in [6.45, 7) is 4.29. The van der Waals surface area contributed by atoms with E-state index in [1.165, 1.54) is 32.9 Å². The summed E-state index contributed by atoms with van der Waals surface area (Å²) in [5.74, 6) is 1.67. The Morgan fingerprint density at radius 3 is 1.53 bits per heavy atom. The van der Waals surface area contributed by atoms with Crippen LogP contribution in [0, 0.1) is 13.8 Å². The molecule has 0 aliphatic heterocycles. The molecule has 4 nitrogen and oxygen atoms in total. The Bertz CT molecular complexity index is 1850. The molecule has 0 unspecified atom stereocenters. The second-order valence-corrected chi connectivity index (χ2v) is 9.71. The van der Waals surface area contributed by atoms with Crippen LogP contribution in [0.25, 0.3) is 56.0 Å². The number of fused-ring (bicyclic) bond motifs is 3. The molecular formula is C34H26N4. The van der Waals surface area contributed by atoms with Crippen LogP contribution >= 0.6 is 0 Å². The Hall–Kier alpha value is -4.96. The summed E-state index contributed by atoms with van der Waals surface area (Å²) in [7, 11) is 0. The minimum atomic E-state index is 0.829. The van der Waals surface area contributed by atoms with Gasteiger partial charge in [0, 0.05) is 27.6 Å². The predicted molar refractivity (Wildman–Crippen MR) is 156 cm³/mol. The first-order valence-corrected chi connectivity index (χ1v) is 12.9. The van der Waals surface area contributed by atoms with Crippen LogP contribution in [-0.4, -0.2) is 19.3 Å². The molecule has 0 N–H and O–H groups in total. The van der Waals surface area contributed by atoms with Crippen molar-refractivity contribution in [1.82, 2.24) is 19.3 Å². The van der Waals surface area contributed by atoms with E-state index in [0.717, 1.165) is 34.2 Å². The molecule has 0 fully saturated rings. The smallest absolute Gasteiger partial charge is 0.168 e. The molecule has 0 bridgehead atoms. The van der Waals surface area contributed by atoms with Gasteiger partial charge in [0.2, 0.25) is 0 Å². The summed E-state index contributed by atoms with van der Waals surface area (Å²) in [6.07, 6.45) is 0. The predicted octanol–water partition coefficient (Wildman–Crippen LogP) is 8.32. The van der Waals surface area contributed by atoms with Gasteiger partial charge in [0.05, 0.1) is 16.7 Å². The molecule has 0 atom stereocenters. The number of rotatable bonds is 4. The minimum Gasteiger partial charge on any atom is -0.309 e. The molecule has 0 aliphatic rings. The van der Waals surface area contributed by atoms with E-state index in [4.69, 9.17) is 5.10 Å². The maximum Gasteiger partial charge on any atom is 0.168 e. The molecule has 5 aromatic carbocycles. The SMILES string of the molecule is Cc1cccc(C)c1-n1c(-c2ccccc2)nnc1-c1ccc(-n2c3ccccc3c3ccccc32)cc1. The van der Waals surface area contributed by atoms with Crippen molar-refractivity contribution in [2.75, 3.05) is 0 Å². The Morgan fingerprint density at radius 2 is 0.947 bits per heavy atom. The zero-order valence-electron chi connectivity index (χ0n) is 21.3. The van der Waals surface area contributed by atoms with Gasteiger partial charge < -0.3 is 4.57 Å². The highest BCUT2D eigenvalue weighted by atomic mass is 15.3. The minimum absolute atomic E-state index is 0.829. The lowest BCUT2D eigenvalue weighted by Gasteiger charge is -2.16. The van der Waals surface area contributed by atoms with Crippen molar-refractivity contribution in [3.63, 3.8) is 0 Å². The van der Waals surface area contributed by atoms with Crippen LogP contribution in [0.3, 0.4) is 0 Å². The number of benzene rings is 5. The lowest BCUT2D eigenvalue weighted by Crippen LogP contribution is -2.05.